The zero-order valence-electron chi connectivity index (χ0n) is 19.2. The number of unbranched alkanes of at least 4 members (excludes halogenated alkanes) is 8. The van der Waals surface area contributed by atoms with E-state index in [-0.39, 0.29) is 13.0 Å². The van der Waals surface area contributed by atoms with Gasteiger partial charge in [0.25, 0.3) is 0 Å². The fourth-order valence-corrected chi connectivity index (χ4v) is 3.54. The average Bonchev–Trinajstić information content (AvgIpc) is 2.81. The highest BCUT2D eigenvalue weighted by Crippen LogP contribution is 2.19. The van der Waals surface area contributed by atoms with E-state index in [1.165, 1.54) is 75.7 Å². The molecule has 1 aromatic heterocycles. The molecule has 2 aromatic rings. The van der Waals surface area contributed by atoms with Crippen molar-refractivity contribution in [1.82, 2.24) is 9.97 Å². The van der Waals surface area contributed by atoms with E-state index in [2.05, 4.69) is 29.0 Å². The second-order valence-corrected chi connectivity index (χ2v) is 8.27. The van der Waals surface area contributed by atoms with E-state index in [9.17, 15) is 8.78 Å². The number of rotatable bonds is 16. The van der Waals surface area contributed by atoms with Gasteiger partial charge in [0.15, 0.2) is 17.7 Å². The van der Waals surface area contributed by atoms with Crippen LogP contribution in [0, 0.1) is 0 Å². The molecule has 1 aromatic carbocycles. The van der Waals surface area contributed by atoms with Crippen LogP contribution < -0.4 is 4.74 Å². The van der Waals surface area contributed by atoms with Gasteiger partial charge < -0.3 is 4.74 Å². The van der Waals surface area contributed by atoms with Gasteiger partial charge in [0.2, 0.25) is 0 Å². The van der Waals surface area contributed by atoms with E-state index in [0.29, 0.717) is 11.6 Å². The lowest BCUT2D eigenvalue weighted by Crippen LogP contribution is -2.23. The monoisotopic (exact) mass is 432 g/mol. The number of benzene rings is 1. The summed E-state index contributed by atoms with van der Waals surface area (Å²) in [6.45, 7) is 3.54. The van der Waals surface area contributed by atoms with Crippen LogP contribution in [0.25, 0.3) is 11.4 Å². The van der Waals surface area contributed by atoms with Crippen molar-refractivity contribution in [2.75, 3.05) is 6.61 Å². The largest absolute Gasteiger partial charge is 0.487 e. The number of hydrogen-bond acceptors (Lipinski definition) is 3. The van der Waals surface area contributed by atoms with Crippen molar-refractivity contribution in [1.29, 1.82) is 0 Å². The summed E-state index contributed by atoms with van der Waals surface area (Å²) >= 11 is 0. The maximum Gasteiger partial charge on any atom is 0.165 e. The molecule has 0 aliphatic heterocycles. The van der Waals surface area contributed by atoms with Crippen LogP contribution in [0.4, 0.5) is 8.78 Å². The molecule has 0 amide bonds. The third-order valence-electron chi connectivity index (χ3n) is 5.60. The molecule has 2 unspecified atom stereocenters. The predicted octanol–water partition coefficient (Wildman–Crippen LogP) is 7.68. The topological polar surface area (TPSA) is 35.0 Å². The number of aromatic nitrogens is 2. The van der Waals surface area contributed by atoms with Crippen molar-refractivity contribution < 1.29 is 13.5 Å². The highest BCUT2D eigenvalue weighted by molar-refractivity contribution is 5.55. The van der Waals surface area contributed by atoms with E-state index in [0.717, 1.165) is 12.0 Å². The molecule has 1 heterocycles. The third-order valence-corrected chi connectivity index (χ3v) is 5.60. The number of halogens is 2. The van der Waals surface area contributed by atoms with Crippen LogP contribution in [-0.2, 0) is 6.42 Å². The van der Waals surface area contributed by atoms with E-state index < -0.39 is 12.3 Å². The van der Waals surface area contributed by atoms with Gasteiger partial charge in [-0.1, -0.05) is 89.5 Å². The molecule has 0 spiro atoms. The van der Waals surface area contributed by atoms with Gasteiger partial charge in [0.1, 0.15) is 12.8 Å². The van der Waals surface area contributed by atoms with E-state index in [1.54, 1.807) is 6.92 Å². The zero-order chi connectivity index (χ0) is 22.3. The summed E-state index contributed by atoms with van der Waals surface area (Å²) in [4.78, 5) is 8.58. The maximum atomic E-state index is 13.5. The molecule has 0 radical (unpaired) electrons. The van der Waals surface area contributed by atoms with Crippen LogP contribution in [0.1, 0.15) is 83.6 Å². The summed E-state index contributed by atoms with van der Waals surface area (Å²) in [5, 5.41) is 0. The molecular formula is C26H38F2N2O. The minimum atomic E-state index is -1.64. The summed E-state index contributed by atoms with van der Waals surface area (Å²) in [6.07, 6.45) is 13.1. The molecule has 3 nitrogen and oxygen atoms in total. The standard InChI is InChI=1S/C26H38F2N2O/c1-3-5-6-7-8-9-10-11-12-13-21-14-16-22(17-15-21)26-29-18-23(19-30-26)31-20-25(28)24(27)4-2/h14-19,24-25H,3-13,20H2,1-2H3. The van der Waals surface area contributed by atoms with Crippen molar-refractivity contribution in [3.8, 4) is 17.1 Å². The molecule has 0 N–H and O–H groups in total. The number of nitrogens with zero attached hydrogens (tertiary/aromatic N) is 2. The molecule has 0 saturated heterocycles. The molecule has 0 saturated carbocycles. The minimum absolute atomic E-state index is 0.134. The van der Waals surface area contributed by atoms with Gasteiger partial charge in [0.05, 0.1) is 12.4 Å². The van der Waals surface area contributed by atoms with Gasteiger partial charge in [-0.25, -0.2) is 18.7 Å². The lowest BCUT2D eigenvalue weighted by atomic mass is 10.0. The Hall–Kier alpha value is -2.04. The normalized spacial score (nSPS) is 13.2. The van der Waals surface area contributed by atoms with Crippen LogP contribution >= 0.6 is 0 Å². The van der Waals surface area contributed by atoms with Gasteiger partial charge in [-0.05, 0) is 24.8 Å². The van der Waals surface area contributed by atoms with Crippen LogP contribution in [0.2, 0.25) is 0 Å². The Morgan fingerprint density at radius 1 is 0.774 bits per heavy atom. The van der Waals surface area contributed by atoms with Gasteiger partial charge in [-0.2, -0.15) is 0 Å². The van der Waals surface area contributed by atoms with Crippen molar-refractivity contribution >= 4 is 0 Å². The highest BCUT2D eigenvalue weighted by Gasteiger charge is 2.19. The summed E-state index contributed by atoms with van der Waals surface area (Å²) < 4.78 is 32.0. The molecule has 0 bridgehead atoms. The Morgan fingerprint density at radius 2 is 1.35 bits per heavy atom. The molecule has 5 heteroatoms. The maximum absolute atomic E-state index is 13.5. The average molecular weight is 433 g/mol. The van der Waals surface area contributed by atoms with Gasteiger partial charge in [0, 0.05) is 5.56 Å². The van der Waals surface area contributed by atoms with Crippen molar-refractivity contribution in [3.05, 3.63) is 42.2 Å². The summed E-state index contributed by atoms with van der Waals surface area (Å²) in [5.41, 5.74) is 2.26. The number of aryl methyl sites for hydroxylation is 1. The fourth-order valence-electron chi connectivity index (χ4n) is 3.54. The number of alkyl halides is 2. The Morgan fingerprint density at radius 3 is 1.94 bits per heavy atom. The summed E-state index contributed by atoms with van der Waals surface area (Å²) in [5.74, 6) is 0.937. The van der Waals surface area contributed by atoms with Crippen LogP contribution in [-0.4, -0.2) is 28.9 Å². The molecule has 31 heavy (non-hydrogen) atoms. The molecule has 172 valence electrons. The lowest BCUT2D eigenvalue weighted by molar-refractivity contribution is 0.106. The first kappa shape index (κ1) is 25.2. The van der Waals surface area contributed by atoms with Gasteiger partial charge >= 0.3 is 0 Å². The quantitative estimate of drug-likeness (QED) is 0.255. The number of hydrogen-bond donors (Lipinski definition) is 0. The van der Waals surface area contributed by atoms with Crippen LogP contribution in [0.15, 0.2) is 36.7 Å². The second kappa shape index (κ2) is 14.9. The van der Waals surface area contributed by atoms with Crippen LogP contribution in [0.5, 0.6) is 5.75 Å². The smallest absolute Gasteiger partial charge is 0.165 e. The van der Waals surface area contributed by atoms with Crippen molar-refractivity contribution in [3.63, 3.8) is 0 Å². The van der Waals surface area contributed by atoms with E-state index in [4.69, 9.17) is 4.74 Å². The predicted molar refractivity (Wildman–Crippen MR) is 124 cm³/mol. The summed E-state index contributed by atoms with van der Waals surface area (Å²) in [6, 6.07) is 8.33. The molecule has 0 aliphatic carbocycles. The Bertz CT molecular complexity index is 706. The molecule has 0 aliphatic rings. The van der Waals surface area contributed by atoms with Crippen molar-refractivity contribution in [2.45, 2.75) is 96.8 Å². The fraction of sp³-hybridized carbons (Fsp3) is 0.615. The first-order valence-corrected chi connectivity index (χ1v) is 12.0. The molecule has 2 atom stereocenters. The molecule has 0 fully saturated rings. The van der Waals surface area contributed by atoms with Gasteiger partial charge in [-0.15, -0.1) is 0 Å². The lowest BCUT2D eigenvalue weighted by Gasteiger charge is -2.12. The SMILES string of the molecule is CCCCCCCCCCCc1ccc(-c2ncc(OCC(F)C(F)CC)cn2)cc1. The zero-order valence-corrected chi connectivity index (χ0v) is 19.2. The number of ether oxygens (including phenoxy) is 1. The van der Waals surface area contributed by atoms with E-state index >= 15 is 0 Å². The Kier molecular flexibility index (Phi) is 12.1. The van der Waals surface area contributed by atoms with Crippen molar-refractivity contribution in [2.24, 2.45) is 0 Å². The second-order valence-electron chi connectivity index (χ2n) is 8.27. The molecule has 2 rings (SSSR count). The summed E-state index contributed by atoms with van der Waals surface area (Å²) in [7, 11) is 0. The highest BCUT2D eigenvalue weighted by atomic mass is 19.2. The first-order chi connectivity index (χ1) is 15.1. The Labute approximate surface area is 186 Å². The van der Waals surface area contributed by atoms with Crippen LogP contribution in [0.3, 0.4) is 0 Å². The van der Waals surface area contributed by atoms with E-state index in [1.807, 2.05) is 12.1 Å². The first-order valence-electron chi connectivity index (χ1n) is 12.0. The third kappa shape index (κ3) is 9.75. The Balaban J connectivity index is 1.69. The minimum Gasteiger partial charge on any atom is -0.487 e. The molecular weight excluding hydrogens is 394 g/mol. The van der Waals surface area contributed by atoms with Gasteiger partial charge in [-0.3, -0.25) is 0 Å².